The van der Waals surface area contributed by atoms with Gasteiger partial charge in [-0.3, -0.25) is 18.9 Å². The lowest BCUT2D eigenvalue weighted by molar-refractivity contribution is -0.122. The summed E-state index contributed by atoms with van der Waals surface area (Å²) in [5.41, 5.74) is 1.91. The molecule has 4 heterocycles. The Kier molecular flexibility index (Phi) is 6.73. The molecule has 182 valence electrons. The number of furan rings is 1. The summed E-state index contributed by atoms with van der Waals surface area (Å²) in [7, 11) is 0. The lowest BCUT2D eigenvalue weighted by Gasteiger charge is -2.15. The summed E-state index contributed by atoms with van der Waals surface area (Å²) in [6.45, 7) is 2.19. The number of fused-ring (bicyclic) bond motifs is 1. The van der Waals surface area contributed by atoms with Gasteiger partial charge in [-0.2, -0.15) is 0 Å². The van der Waals surface area contributed by atoms with E-state index in [0.717, 1.165) is 22.9 Å². The van der Waals surface area contributed by atoms with Crippen LogP contribution in [0.3, 0.4) is 0 Å². The van der Waals surface area contributed by atoms with Crippen LogP contribution in [-0.2, 0) is 11.3 Å². The van der Waals surface area contributed by atoms with Crippen molar-refractivity contribution in [2.24, 2.45) is 0 Å². The van der Waals surface area contributed by atoms with Crippen LogP contribution in [0.4, 0.5) is 5.82 Å². The minimum atomic E-state index is -0.817. The van der Waals surface area contributed by atoms with Gasteiger partial charge in [0.05, 0.1) is 29.4 Å². The molecule has 0 saturated carbocycles. The molecule has 10 heteroatoms. The van der Waals surface area contributed by atoms with Gasteiger partial charge in [0.15, 0.2) is 0 Å². The lowest BCUT2D eigenvalue weighted by atomic mass is 10.1. The Morgan fingerprint density at radius 2 is 1.97 bits per heavy atom. The lowest BCUT2D eigenvalue weighted by Crippen LogP contribution is -2.27. The minimum absolute atomic E-state index is 0.124. The number of amides is 1. The zero-order valence-corrected chi connectivity index (χ0v) is 20.9. The van der Waals surface area contributed by atoms with Crippen molar-refractivity contribution in [2.75, 3.05) is 11.9 Å². The van der Waals surface area contributed by atoms with Gasteiger partial charge in [-0.05, 0) is 42.3 Å². The van der Waals surface area contributed by atoms with Crippen molar-refractivity contribution in [1.29, 1.82) is 0 Å². The van der Waals surface area contributed by atoms with Gasteiger partial charge in [-0.25, -0.2) is 4.98 Å². The van der Waals surface area contributed by atoms with Crippen molar-refractivity contribution in [3.05, 3.63) is 105 Å². The first kappa shape index (κ1) is 24.0. The number of hydrogen-bond acceptors (Lipinski definition) is 8. The minimum Gasteiger partial charge on any atom is -0.467 e. The van der Waals surface area contributed by atoms with E-state index in [9.17, 15) is 14.7 Å². The largest absolute Gasteiger partial charge is 0.467 e. The predicted octanol–water partition coefficient (Wildman–Crippen LogP) is 4.14. The standard InChI is InChI=1S/C26H22N4O4S2/c1-16-7-5-11-29-23(16)28-22(27-14-20(31)17-8-3-2-4-9-17)19(24(29)32)13-21-25(33)30(26(35)36-21)15-18-10-6-12-34-18/h2-13,20,27,31H,14-15H2,1H3/b21-13+. The molecule has 0 bridgehead atoms. The van der Waals surface area contributed by atoms with Crippen LogP contribution in [-0.4, -0.2) is 36.2 Å². The maximum absolute atomic E-state index is 13.5. The first-order valence-corrected chi connectivity index (χ1v) is 12.4. The molecular formula is C26H22N4O4S2. The molecule has 0 spiro atoms. The maximum Gasteiger partial charge on any atom is 0.267 e. The van der Waals surface area contributed by atoms with E-state index in [1.807, 2.05) is 43.3 Å². The van der Waals surface area contributed by atoms with Gasteiger partial charge in [0.25, 0.3) is 11.5 Å². The molecular weight excluding hydrogens is 496 g/mol. The highest BCUT2D eigenvalue weighted by atomic mass is 32.2. The summed E-state index contributed by atoms with van der Waals surface area (Å²) < 4.78 is 7.18. The van der Waals surface area contributed by atoms with E-state index in [2.05, 4.69) is 10.3 Å². The summed E-state index contributed by atoms with van der Waals surface area (Å²) in [5.74, 6) is 0.568. The molecule has 0 aliphatic carbocycles. The number of carbonyl (C=O) groups is 1. The number of aliphatic hydroxyl groups is 1. The Morgan fingerprint density at radius 3 is 2.72 bits per heavy atom. The number of hydrogen-bond donors (Lipinski definition) is 2. The quantitative estimate of drug-likeness (QED) is 0.278. The molecule has 4 aromatic rings. The number of aliphatic hydroxyl groups excluding tert-OH is 1. The summed E-state index contributed by atoms with van der Waals surface area (Å²) in [6.07, 6.45) is 3.87. The monoisotopic (exact) mass is 518 g/mol. The summed E-state index contributed by atoms with van der Waals surface area (Å²) >= 11 is 6.54. The Labute approximate surface area is 216 Å². The normalized spacial score (nSPS) is 15.7. The van der Waals surface area contributed by atoms with Gasteiger partial charge >= 0.3 is 0 Å². The first-order chi connectivity index (χ1) is 17.4. The third-order valence-corrected chi connectivity index (χ3v) is 7.15. The molecule has 5 rings (SSSR count). The molecule has 1 aromatic carbocycles. The molecule has 1 fully saturated rings. The smallest absolute Gasteiger partial charge is 0.267 e. The number of thiocarbonyl (C=S) groups is 1. The number of rotatable bonds is 7. The van der Waals surface area contributed by atoms with Gasteiger partial charge in [0.1, 0.15) is 21.5 Å². The van der Waals surface area contributed by atoms with Crippen LogP contribution in [0.1, 0.15) is 28.6 Å². The van der Waals surface area contributed by atoms with Crippen molar-refractivity contribution < 1.29 is 14.3 Å². The van der Waals surface area contributed by atoms with E-state index in [0.29, 0.717) is 20.6 Å². The highest BCUT2D eigenvalue weighted by Gasteiger charge is 2.33. The Bertz CT molecular complexity index is 1530. The third-order valence-electron chi connectivity index (χ3n) is 5.77. The zero-order chi connectivity index (χ0) is 25.2. The number of carbonyl (C=O) groups excluding carboxylic acids is 1. The highest BCUT2D eigenvalue weighted by molar-refractivity contribution is 8.26. The van der Waals surface area contributed by atoms with E-state index < -0.39 is 6.10 Å². The van der Waals surface area contributed by atoms with E-state index in [-0.39, 0.29) is 35.9 Å². The molecule has 36 heavy (non-hydrogen) atoms. The first-order valence-electron chi connectivity index (χ1n) is 11.2. The zero-order valence-electron chi connectivity index (χ0n) is 19.2. The molecule has 1 unspecified atom stereocenters. The number of thioether (sulfide) groups is 1. The fourth-order valence-corrected chi connectivity index (χ4v) is 5.13. The number of aromatic nitrogens is 2. The predicted molar refractivity (Wildman–Crippen MR) is 144 cm³/mol. The van der Waals surface area contributed by atoms with Crippen molar-refractivity contribution in [1.82, 2.24) is 14.3 Å². The Hall–Kier alpha value is -3.73. The molecule has 1 aliphatic heterocycles. The average Bonchev–Trinajstić information content (AvgIpc) is 3.49. The summed E-state index contributed by atoms with van der Waals surface area (Å²) in [6, 6.07) is 16.4. The third kappa shape index (κ3) is 4.70. The van der Waals surface area contributed by atoms with Crippen LogP contribution < -0.4 is 10.9 Å². The van der Waals surface area contributed by atoms with E-state index in [4.69, 9.17) is 16.6 Å². The number of pyridine rings is 1. The van der Waals surface area contributed by atoms with Gasteiger partial charge in [-0.1, -0.05) is 60.4 Å². The molecule has 1 aliphatic rings. The second kappa shape index (κ2) is 10.1. The second-order valence-corrected chi connectivity index (χ2v) is 9.89. The summed E-state index contributed by atoms with van der Waals surface area (Å²) in [4.78, 5) is 33.1. The van der Waals surface area contributed by atoms with E-state index in [1.165, 1.54) is 21.6 Å². The van der Waals surface area contributed by atoms with Gasteiger partial charge < -0.3 is 14.8 Å². The number of nitrogens with zero attached hydrogens (tertiary/aromatic N) is 3. The number of benzene rings is 1. The van der Waals surface area contributed by atoms with Gasteiger partial charge in [-0.15, -0.1) is 0 Å². The molecule has 1 saturated heterocycles. The van der Waals surface area contributed by atoms with Gasteiger partial charge in [0, 0.05) is 12.7 Å². The molecule has 1 amide bonds. The second-order valence-electron chi connectivity index (χ2n) is 8.22. The van der Waals surface area contributed by atoms with Crippen LogP contribution in [0.25, 0.3) is 11.7 Å². The van der Waals surface area contributed by atoms with Crippen molar-refractivity contribution >= 4 is 51.7 Å². The molecule has 3 aromatic heterocycles. The fourth-order valence-electron chi connectivity index (χ4n) is 3.89. The van der Waals surface area contributed by atoms with Crippen LogP contribution in [0.5, 0.6) is 0 Å². The maximum atomic E-state index is 13.5. The SMILES string of the molecule is Cc1cccn2c(=O)c(/C=C3/SC(=S)N(Cc4ccco4)C3=O)c(NCC(O)c3ccccc3)nc12. The fraction of sp³-hybridized carbons (Fsp3) is 0.154. The van der Waals surface area contributed by atoms with Crippen LogP contribution in [0, 0.1) is 6.92 Å². The topological polar surface area (TPSA) is 100 Å². The van der Waals surface area contributed by atoms with Crippen molar-refractivity contribution in [3.8, 4) is 0 Å². The number of nitrogens with one attached hydrogen (secondary N) is 1. The van der Waals surface area contributed by atoms with E-state index in [1.54, 1.807) is 24.4 Å². The molecule has 1 atom stereocenters. The summed E-state index contributed by atoms with van der Waals surface area (Å²) in [5, 5.41) is 13.8. The Morgan fingerprint density at radius 1 is 1.17 bits per heavy atom. The van der Waals surface area contributed by atoms with Crippen LogP contribution >= 0.6 is 24.0 Å². The van der Waals surface area contributed by atoms with Gasteiger partial charge in [0.2, 0.25) is 0 Å². The highest BCUT2D eigenvalue weighted by Crippen LogP contribution is 2.34. The Balaban J connectivity index is 1.52. The van der Waals surface area contributed by atoms with Crippen molar-refractivity contribution in [2.45, 2.75) is 19.6 Å². The molecule has 2 N–H and O–H groups in total. The molecule has 0 radical (unpaired) electrons. The average molecular weight is 519 g/mol. The number of anilines is 1. The van der Waals surface area contributed by atoms with E-state index >= 15 is 0 Å². The van der Waals surface area contributed by atoms with Crippen LogP contribution in [0.2, 0.25) is 0 Å². The van der Waals surface area contributed by atoms with Crippen LogP contribution in [0.15, 0.2) is 81.2 Å². The van der Waals surface area contributed by atoms with Crippen molar-refractivity contribution in [3.63, 3.8) is 0 Å². The molecule has 8 nitrogen and oxygen atoms in total. The number of aryl methyl sites for hydroxylation is 1.